The molecule has 0 bridgehead atoms. The van der Waals surface area contributed by atoms with Crippen molar-refractivity contribution in [3.05, 3.63) is 24.3 Å². The number of likely N-dealkylation sites (tertiary alicyclic amines) is 1. The Kier molecular flexibility index (Phi) is 6.47. The molecule has 1 aromatic rings. The third kappa shape index (κ3) is 5.40. The molecule has 2 heterocycles. The molecule has 3 rings (SSSR count). The van der Waals surface area contributed by atoms with E-state index in [1.165, 1.54) is 19.3 Å². The summed E-state index contributed by atoms with van der Waals surface area (Å²) in [5.41, 5.74) is 1.51. The highest BCUT2D eigenvalue weighted by Gasteiger charge is 2.30. The Hall–Kier alpha value is -2.24. The Morgan fingerprint density at radius 2 is 1.64 bits per heavy atom. The van der Waals surface area contributed by atoms with Gasteiger partial charge in [0, 0.05) is 32.1 Å². The zero-order valence-electron chi connectivity index (χ0n) is 17.4. The average molecular weight is 388 g/mol. The molecule has 0 unspecified atom stereocenters. The minimum absolute atomic E-state index is 0.0494. The van der Waals surface area contributed by atoms with Crippen molar-refractivity contribution >= 4 is 23.4 Å². The van der Waals surface area contributed by atoms with Crippen LogP contribution in [0.2, 0.25) is 0 Å². The number of hydrogen-bond donors (Lipinski definition) is 1. The van der Waals surface area contributed by atoms with Crippen LogP contribution in [-0.4, -0.2) is 48.7 Å². The van der Waals surface area contributed by atoms with E-state index in [9.17, 15) is 9.59 Å². The summed E-state index contributed by atoms with van der Waals surface area (Å²) in [5.74, 6) is -0.0265. The Labute approximate surface area is 168 Å². The van der Waals surface area contributed by atoms with Crippen LogP contribution >= 0.6 is 0 Å². The van der Waals surface area contributed by atoms with Crippen molar-refractivity contribution in [3.63, 3.8) is 0 Å². The largest absolute Gasteiger partial charge is 0.444 e. The molecule has 6 nitrogen and oxygen atoms in total. The minimum atomic E-state index is -0.497. The van der Waals surface area contributed by atoms with Crippen LogP contribution in [0.15, 0.2) is 24.3 Å². The van der Waals surface area contributed by atoms with E-state index in [2.05, 4.69) is 16.3 Å². The summed E-state index contributed by atoms with van der Waals surface area (Å²) in [5, 5.41) is 3.14. The number of rotatable bonds is 3. The van der Waals surface area contributed by atoms with Crippen LogP contribution in [0.1, 0.15) is 52.9 Å². The molecular formula is C22H33N3O3. The maximum Gasteiger partial charge on any atom is 0.410 e. The Bertz CT molecular complexity index is 685. The smallest absolute Gasteiger partial charge is 0.410 e. The van der Waals surface area contributed by atoms with Gasteiger partial charge in [-0.1, -0.05) is 12.1 Å². The van der Waals surface area contributed by atoms with Gasteiger partial charge >= 0.3 is 6.09 Å². The van der Waals surface area contributed by atoms with E-state index >= 15 is 0 Å². The number of ether oxygens (including phenoxy) is 1. The van der Waals surface area contributed by atoms with Crippen LogP contribution in [0.3, 0.4) is 0 Å². The number of carbonyl (C=O) groups is 2. The van der Waals surface area contributed by atoms with Crippen LogP contribution in [-0.2, 0) is 9.53 Å². The van der Waals surface area contributed by atoms with Crippen LogP contribution < -0.4 is 10.2 Å². The number of piperidine rings is 2. The molecule has 2 aliphatic rings. The second-order valence-electron chi connectivity index (χ2n) is 8.80. The summed E-state index contributed by atoms with van der Waals surface area (Å²) >= 11 is 0. The molecule has 2 amide bonds. The zero-order valence-corrected chi connectivity index (χ0v) is 17.4. The molecule has 0 radical (unpaired) electrons. The van der Waals surface area contributed by atoms with Gasteiger partial charge in [-0.15, -0.1) is 0 Å². The summed E-state index contributed by atoms with van der Waals surface area (Å²) in [7, 11) is 0. The first kappa shape index (κ1) is 20.5. The lowest BCUT2D eigenvalue weighted by Crippen LogP contribution is -2.43. The van der Waals surface area contributed by atoms with E-state index in [0.717, 1.165) is 24.5 Å². The molecule has 0 spiro atoms. The van der Waals surface area contributed by atoms with E-state index in [1.807, 2.05) is 39.0 Å². The summed E-state index contributed by atoms with van der Waals surface area (Å²) in [6.07, 6.45) is 4.72. The molecule has 154 valence electrons. The third-order valence-electron chi connectivity index (χ3n) is 5.38. The quantitative estimate of drug-likeness (QED) is 0.842. The van der Waals surface area contributed by atoms with Crippen molar-refractivity contribution in [2.75, 3.05) is 36.4 Å². The molecule has 0 aromatic heterocycles. The van der Waals surface area contributed by atoms with Gasteiger partial charge in [-0.3, -0.25) is 4.79 Å². The van der Waals surface area contributed by atoms with Crippen molar-refractivity contribution in [1.82, 2.24) is 4.90 Å². The average Bonchev–Trinajstić information content (AvgIpc) is 2.68. The first-order valence-electron chi connectivity index (χ1n) is 10.5. The first-order valence-corrected chi connectivity index (χ1v) is 10.5. The zero-order chi connectivity index (χ0) is 20.1. The molecular weight excluding hydrogens is 354 g/mol. The molecule has 2 saturated heterocycles. The topological polar surface area (TPSA) is 61.9 Å². The highest BCUT2D eigenvalue weighted by Crippen LogP contribution is 2.29. The van der Waals surface area contributed by atoms with Gasteiger partial charge in [0.15, 0.2) is 0 Å². The maximum absolute atomic E-state index is 12.8. The lowest BCUT2D eigenvalue weighted by molar-refractivity contribution is -0.121. The maximum atomic E-state index is 12.8. The molecule has 0 saturated carbocycles. The first-order chi connectivity index (χ1) is 13.3. The van der Waals surface area contributed by atoms with Crippen molar-refractivity contribution < 1.29 is 14.3 Å². The van der Waals surface area contributed by atoms with E-state index in [-0.39, 0.29) is 17.9 Å². The van der Waals surface area contributed by atoms with Gasteiger partial charge in [-0.05, 0) is 65.0 Å². The lowest BCUT2D eigenvalue weighted by atomic mass is 9.96. The Morgan fingerprint density at radius 1 is 1.00 bits per heavy atom. The minimum Gasteiger partial charge on any atom is -0.444 e. The number of carbonyl (C=O) groups excluding carboxylic acids is 2. The third-order valence-corrected chi connectivity index (χ3v) is 5.38. The van der Waals surface area contributed by atoms with Crippen LogP contribution in [0.5, 0.6) is 0 Å². The normalized spacial score (nSPS) is 18.7. The van der Waals surface area contributed by atoms with Gasteiger partial charge in [0.2, 0.25) is 5.91 Å². The fourth-order valence-electron chi connectivity index (χ4n) is 3.88. The lowest BCUT2D eigenvalue weighted by Gasteiger charge is -2.33. The van der Waals surface area contributed by atoms with Crippen LogP contribution in [0.25, 0.3) is 0 Å². The Balaban J connectivity index is 1.56. The summed E-state index contributed by atoms with van der Waals surface area (Å²) < 4.78 is 5.43. The van der Waals surface area contributed by atoms with Gasteiger partial charge in [0.05, 0.1) is 11.4 Å². The summed E-state index contributed by atoms with van der Waals surface area (Å²) in [6.45, 7) is 8.80. The fraction of sp³-hybridized carbons (Fsp3) is 0.636. The summed E-state index contributed by atoms with van der Waals surface area (Å²) in [4.78, 5) is 29.1. The van der Waals surface area contributed by atoms with E-state index in [4.69, 9.17) is 4.74 Å². The number of benzene rings is 1. The van der Waals surface area contributed by atoms with E-state index in [0.29, 0.717) is 25.9 Å². The molecule has 1 N–H and O–H groups in total. The van der Waals surface area contributed by atoms with Crippen molar-refractivity contribution in [1.29, 1.82) is 0 Å². The number of nitrogens with zero attached hydrogens (tertiary/aromatic N) is 2. The van der Waals surface area contributed by atoms with Crippen LogP contribution in [0, 0.1) is 5.92 Å². The standard InChI is InChI=1S/C22H33N3O3/c1-22(2,3)28-21(27)25-15-11-17(12-16-25)20(26)23-18-9-5-6-10-19(18)24-13-7-4-8-14-24/h5-6,9-10,17H,4,7-8,11-16H2,1-3H3,(H,23,26). The van der Waals surface area contributed by atoms with E-state index in [1.54, 1.807) is 4.90 Å². The molecule has 2 aliphatic heterocycles. The molecule has 1 aromatic carbocycles. The van der Waals surface area contributed by atoms with Gasteiger partial charge in [0.1, 0.15) is 5.60 Å². The molecule has 28 heavy (non-hydrogen) atoms. The second-order valence-corrected chi connectivity index (χ2v) is 8.80. The molecule has 0 atom stereocenters. The predicted molar refractivity (Wildman–Crippen MR) is 112 cm³/mol. The SMILES string of the molecule is CC(C)(C)OC(=O)N1CCC(C(=O)Nc2ccccc2N2CCCCC2)CC1. The van der Waals surface area contributed by atoms with Crippen molar-refractivity contribution in [3.8, 4) is 0 Å². The molecule has 2 fully saturated rings. The number of anilines is 2. The Morgan fingerprint density at radius 3 is 2.29 bits per heavy atom. The number of para-hydroxylation sites is 2. The van der Waals surface area contributed by atoms with Gasteiger partial charge in [-0.25, -0.2) is 4.79 Å². The molecule has 0 aliphatic carbocycles. The fourth-order valence-corrected chi connectivity index (χ4v) is 3.88. The van der Waals surface area contributed by atoms with Gasteiger partial charge in [-0.2, -0.15) is 0 Å². The van der Waals surface area contributed by atoms with E-state index < -0.39 is 5.60 Å². The molecule has 6 heteroatoms. The second kappa shape index (κ2) is 8.84. The van der Waals surface area contributed by atoms with Gasteiger partial charge < -0.3 is 19.9 Å². The highest BCUT2D eigenvalue weighted by molar-refractivity contribution is 5.96. The monoisotopic (exact) mass is 387 g/mol. The van der Waals surface area contributed by atoms with Gasteiger partial charge in [0.25, 0.3) is 0 Å². The van der Waals surface area contributed by atoms with Crippen molar-refractivity contribution in [2.24, 2.45) is 5.92 Å². The predicted octanol–water partition coefficient (Wildman–Crippen LogP) is 4.26. The van der Waals surface area contributed by atoms with Crippen LogP contribution in [0.4, 0.5) is 16.2 Å². The number of nitrogens with one attached hydrogen (secondary N) is 1. The number of amides is 2. The number of hydrogen-bond acceptors (Lipinski definition) is 4. The summed E-state index contributed by atoms with van der Waals surface area (Å²) in [6, 6.07) is 8.07. The highest BCUT2D eigenvalue weighted by atomic mass is 16.6. The van der Waals surface area contributed by atoms with Crippen molar-refractivity contribution in [2.45, 2.75) is 58.5 Å².